The Hall–Kier alpha value is -2.15. The van der Waals surface area contributed by atoms with E-state index in [1.54, 1.807) is 0 Å². The second kappa shape index (κ2) is 7.44. The zero-order valence-corrected chi connectivity index (χ0v) is 11.2. The highest BCUT2D eigenvalue weighted by Crippen LogP contribution is 2.15. The van der Waals surface area contributed by atoms with E-state index in [1.807, 2.05) is 19.3 Å². The van der Waals surface area contributed by atoms with Gasteiger partial charge in [0.2, 0.25) is 5.91 Å². The Balaban J connectivity index is 0.000000956. The molecule has 3 N–H and O–H groups in total. The molecular weight excluding hydrogens is 267 g/mol. The number of aliphatic hydroxyl groups excluding tert-OH is 1. The topological polar surface area (TPSA) is 87.7 Å². The Labute approximate surface area is 115 Å². The van der Waals surface area contributed by atoms with Gasteiger partial charge in [-0.25, -0.2) is 4.39 Å². The first kappa shape index (κ1) is 15.9. The largest absolute Gasteiger partial charge is 0.390 e. The van der Waals surface area contributed by atoms with Crippen LogP contribution in [-0.2, 0) is 9.59 Å². The van der Waals surface area contributed by atoms with Gasteiger partial charge in [-0.1, -0.05) is 26.0 Å². The average molecular weight is 284 g/mol. The van der Waals surface area contributed by atoms with Gasteiger partial charge in [-0.2, -0.15) is 5.48 Å². The van der Waals surface area contributed by atoms with Crippen LogP contribution in [0, 0.1) is 11.7 Å². The Morgan fingerprint density at radius 2 is 2.10 bits per heavy atom. The molecule has 6 nitrogen and oxygen atoms in total. The van der Waals surface area contributed by atoms with Crippen LogP contribution in [0.15, 0.2) is 24.3 Å². The van der Waals surface area contributed by atoms with E-state index in [0.29, 0.717) is 0 Å². The van der Waals surface area contributed by atoms with E-state index in [4.69, 9.17) is 4.84 Å². The fraction of sp³-hybridized carbons (Fsp3) is 0.385. The van der Waals surface area contributed by atoms with Crippen molar-refractivity contribution in [3.05, 3.63) is 30.1 Å². The summed E-state index contributed by atoms with van der Waals surface area (Å²) in [5, 5.41) is 11.7. The number of rotatable bonds is 3. The normalized spacial score (nSPS) is 20.5. The van der Waals surface area contributed by atoms with Crippen LogP contribution in [-0.4, -0.2) is 29.6 Å². The third-order valence-electron chi connectivity index (χ3n) is 2.53. The first-order chi connectivity index (χ1) is 9.59. The molecule has 2 unspecified atom stereocenters. The third-order valence-corrected chi connectivity index (χ3v) is 2.53. The number of carbonyl (C=O) groups excluding carboxylic acids is 2. The van der Waals surface area contributed by atoms with Crippen LogP contribution in [0.1, 0.15) is 13.8 Å². The van der Waals surface area contributed by atoms with Gasteiger partial charge in [0.1, 0.15) is 5.92 Å². The molecule has 20 heavy (non-hydrogen) atoms. The van der Waals surface area contributed by atoms with Crippen LogP contribution in [0.2, 0.25) is 0 Å². The van der Waals surface area contributed by atoms with E-state index in [9.17, 15) is 19.1 Å². The van der Waals surface area contributed by atoms with E-state index in [2.05, 4.69) is 5.32 Å². The van der Waals surface area contributed by atoms with E-state index in [0.717, 1.165) is 0 Å². The third kappa shape index (κ3) is 3.67. The summed E-state index contributed by atoms with van der Waals surface area (Å²) in [7, 11) is 0. The van der Waals surface area contributed by atoms with Crippen molar-refractivity contribution in [2.75, 3.05) is 6.54 Å². The predicted octanol–water partition coefficient (Wildman–Crippen LogP) is 0.369. The van der Waals surface area contributed by atoms with Gasteiger partial charge in [-0.05, 0) is 12.1 Å². The molecule has 0 bridgehead atoms. The number of hydroxylamine groups is 1. The number of amides is 2. The summed E-state index contributed by atoms with van der Waals surface area (Å²) < 4.78 is 13.2. The smallest absolute Gasteiger partial charge is 0.267 e. The molecule has 1 fully saturated rings. The monoisotopic (exact) mass is 284 g/mol. The highest BCUT2D eigenvalue weighted by molar-refractivity contribution is 6.02. The lowest BCUT2D eigenvalue weighted by atomic mass is 10.1. The van der Waals surface area contributed by atoms with Crippen LogP contribution in [0.25, 0.3) is 0 Å². The molecule has 1 saturated heterocycles. The quantitative estimate of drug-likeness (QED) is 0.553. The lowest BCUT2D eigenvalue weighted by Crippen LogP contribution is -2.41. The van der Waals surface area contributed by atoms with Crippen LogP contribution in [0.4, 0.5) is 4.39 Å². The van der Waals surface area contributed by atoms with Crippen LogP contribution >= 0.6 is 0 Å². The molecule has 0 saturated carbocycles. The van der Waals surface area contributed by atoms with Crippen molar-refractivity contribution in [2.24, 2.45) is 5.92 Å². The summed E-state index contributed by atoms with van der Waals surface area (Å²) in [4.78, 5) is 27.6. The van der Waals surface area contributed by atoms with Gasteiger partial charge in [-0.3, -0.25) is 9.59 Å². The summed E-state index contributed by atoms with van der Waals surface area (Å²) in [6.45, 7) is 4.01. The van der Waals surface area contributed by atoms with Crippen LogP contribution in [0.5, 0.6) is 5.75 Å². The number of benzene rings is 1. The van der Waals surface area contributed by atoms with Gasteiger partial charge in [0.05, 0.1) is 6.10 Å². The van der Waals surface area contributed by atoms with E-state index in [1.165, 1.54) is 24.3 Å². The number of nitrogens with one attached hydrogen (secondary N) is 2. The Morgan fingerprint density at radius 3 is 2.65 bits per heavy atom. The van der Waals surface area contributed by atoms with E-state index < -0.39 is 29.7 Å². The lowest BCUT2D eigenvalue weighted by Gasteiger charge is -2.12. The number of hydrogen-bond donors (Lipinski definition) is 3. The first-order valence-electron chi connectivity index (χ1n) is 6.26. The summed E-state index contributed by atoms with van der Waals surface area (Å²) in [6, 6.07) is 5.49. The van der Waals surface area contributed by atoms with Gasteiger partial charge < -0.3 is 15.3 Å². The molecule has 1 aliphatic heterocycles. The minimum absolute atomic E-state index is 0.0105. The van der Waals surface area contributed by atoms with Gasteiger partial charge in [0, 0.05) is 6.54 Å². The minimum Gasteiger partial charge on any atom is -0.390 e. The average Bonchev–Trinajstić information content (AvgIpc) is 2.79. The van der Waals surface area contributed by atoms with Crippen molar-refractivity contribution in [2.45, 2.75) is 20.0 Å². The molecule has 2 rings (SSSR count). The number of aliphatic hydroxyl groups is 1. The zero-order valence-electron chi connectivity index (χ0n) is 11.2. The Morgan fingerprint density at radius 1 is 1.45 bits per heavy atom. The van der Waals surface area contributed by atoms with Gasteiger partial charge >= 0.3 is 0 Å². The maximum absolute atomic E-state index is 13.2. The molecule has 2 atom stereocenters. The zero-order chi connectivity index (χ0) is 15.1. The van der Waals surface area contributed by atoms with Crippen molar-refractivity contribution in [1.82, 2.24) is 10.8 Å². The molecule has 1 aliphatic rings. The van der Waals surface area contributed by atoms with Gasteiger partial charge in [0.15, 0.2) is 11.6 Å². The van der Waals surface area contributed by atoms with Crippen molar-refractivity contribution in [3.63, 3.8) is 0 Å². The van der Waals surface area contributed by atoms with Crippen LogP contribution < -0.4 is 15.6 Å². The fourth-order valence-electron chi connectivity index (χ4n) is 1.60. The molecule has 0 aliphatic carbocycles. The van der Waals surface area contributed by atoms with Crippen molar-refractivity contribution in [1.29, 1.82) is 0 Å². The van der Waals surface area contributed by atoms with Gasteiger partial charge in [-0.15, -0.1) is 0 Å². The predicted molar refractivity (Wildman–Crippen MR) is 69.0 cm³/mol. The van der Waals surface area contributed by atoms with Crippen molar-refractivity contribution >= 4 is 11.8 Å². The molecule has 1 aromatic rings. The summed E-state index contributed by atoms with van der Waals surface area (Å²) >= 11 is 0. The molecule has 1 heterocycles. The molecule has 0 aromatic heterocycles. The number of β-amino-alcohol motifs (C(OH)–C–C–N with tert-alkyl or cyclic N) is 1. The highest BCUT2D eigenvalue weighted by Gasteiger charge is 2.39. The minimum atomic E-state index is -1.24. The number of para-hydroxylation sites is 1. The maximum Gasteiger partial charge on any atom is 0.267 e. The molecule has 0 spiro atoms. The highest BCUT2D eigenvalue weighted by atomic mass is 19.1. The Kier molecular flexibility index (Phi) is 5.92. The van der Waals surface area contributed by atoms with E-state index in [-0.39, 0.29) is 12.3 Å². The molecule has 110 valence electrons. The molecule has 1 aromatic carbocycles. The fourth-order valence-corrected chi connectivity index (χ4v) is 1.60. The van der Waals surface area contributed by atoms with Crippen molar-refractivity contribution in [3.8, 4) is 5.75 Å². The molecule has 0 radical (unpaired) electrons. The molecule has 2 amide bonds. The van der Waals surface area contributed by atoms with Crippen LogP contribution in [0.3, 0.4) is 0 Å². The summed E-state index contributed by atoms with van der Waals surface area (Å²) in [5.41, 5.74) is 1.94. The number of halogens is 1. The first-order valence-corrected chi connectivity index (χ1v) is 6.26. The number of carbonyl (C=O) groups is 2. The SMILES string of the molecule is CC.O=C1NCC(O)C1C(=O)NOc1ccccc1F. The van der Waals surface area contributed by atoms with Crippen molar-refractivity contribution < 1.29 is 23.9 Å². The summed E-state index contributed by atoms with van der Waals surface area (Å²) in [5.74, 6) is -3.46. The summed E-state index contributed by atoms with van der Waals surface area (Å²) in [6.07, 6.45) is -1.11. The second-order valence-corrected chi connectivity index (χ2v) is 3.79. The van der Waals surface area contributed by atoms with E-state index >= 15 is 0 Å². The number of hydrogen-bond acceptors (Lipinski definition) is 4. The standard InChI is InChI=1S/C11H11FN2O4.C2H6/c12-6-3-1-2-4-8(6)18-14-11(17)9-7(15)5-13-10(9)16;1-2/h1-4,7,9,15H,5H2,(H,13,16)(H,14,17);1-2H3. The Bertz CT molecular complexity index is 481. The molecular formula is C13H17FN2O4. The second-order valence-electron chi connectivity index (χ2n) is 3.79. The maximum atomic E-state index is 13.2. The molecule has 7 heteroatoms. The lowest BCUT2D eigenvalue weighted by molar-refractivity contribution is -0.140. The van der Waals surface area contributed by atoms with Gasteiger partial charge in [0.25, 0.3) is 5.91 Å².